The minimum Gasteiger partial charge on any atom is -0.468 e. The monoisotopic (exact) mass is 433 g/mol. The largest absolute Gasteiger partial charge is 0.468 e. The molecule has 30 heavy (non-hydrogen) atoms. The van der Waals surface area contributed by atoms with Gasteiger partial charge < -0.3 is 9.73 Å². The van der Waals surface area contributed by atoms with Crippen molar-refractivity contribution in [3.05, 3.63) is 54.0 Å². The molecule has 8 heteroatoms. The zero-order valence-electron chi connectivity index (χ0n) is 17.7. The Hall–Kier alpha value is -2.16. The molecule has 1 amide bonds. The van der Waals surface area contributed by atoms with Crippen LogP contribution in [0.25, 0.3) is 0 Å². The Kier molecular flexibility index (Phi) is 7.69. The van der Waals surface area contributed by atoms with Gasteiger partial charge in [-0.1, -0.05) is 18.6 Å². The Morgan fingerprint density at radius 3 is 2.43 bits per heavy atom. The van der Waals surface area contributed by atoms with Crippen LogP contribution in [-0.4, -0.2) is 57.3 Å². The smallest absolute Gasteiger partial charge is 0.243 e. The molecule has 1 N–H and O–H groups in total. The molecule has 2 heterocycles. The number of carbonyl (C=O) groups excluding carboxylic acids is 1. The highest BCUT2D eigenvalue weighted by atomic mass is 32.2. The number of aryl methyl sites for hydroxylation is 1. The fraction of sp³-hybridized carbons (Fsp3) is 0.500. The molecule has 0 spiro atoms. The number of hydrogen-bond donors (Lipinski definition) is 1. The maximum atomic E-state index is 12.7. The molecule has 7 nitrogen and oxygen atoms in total. The highest BCUT2D eigenvalue weighted by Crippen LogP contribution is 2.21. The third kappa shape index (κ3) is 5.71. The van der Waals surface area contributed by atoms with Crippen molar-refractivity contribution < 1.29 is 17.6 Å². The first kappa shape index (κ1) is 22.5. The molecule has 1 aliphatic rings. The fourth-order valence-electron chi connectivity index (χ4n) is 3.66. The second kappa shape index (κ2) is 10.2. The standard InChI is InChI=1S/C22H31N3O4S/c1-24(2)20(21-7-6-16-29-21)17-23-22(26)13-10-18-8-11-19(12-9-18)30(27,28)25-14-4-3-5-15-25/h6-9,11-12,16,20H,3-5,10,13-15,17H2,1-2H3,(H,23,26). The molecule has 1 aliphatic heterocycles. The van der Waals surface area contributed by atoms with E-state index in [0.717, 1.165) is 30.6 Å². The molecule has 1 atom stereocenters. The first-order valence-corrected chi connectivity index (χ1v) is 11.9. The van der Waals surface area contributed by atoms with Gasteiger partial charge in [0.2, 0.25) is 15.9 Å². The molecule has 2 aromatic rings. The van der Waals surface area contributed by atoms with Crippen LogP contribution in [0.4, 0.5) is 0 Å². The molecule has 164 valence electrons. The predicted octanol–water partition coefficient (Wildman–Crippen LogP) is 2.81. The van der Waals surface area contributed by atoms with Gasteiger partial charge in [0.15, 0.2) is 0 Å². The van der Waals surface area contributed by atoms with E-state index in [0.29, 0.717) is 37.4 Å². The lowest BCUT2D eigenvalue weighted by atomic mass is 10.1. The summed E-state index contributed by atoms with van der Waals surface area (Å²) in [5.41, 5.74) is 0.943. The minimum atomic E-state index is -3.42. The van der Waals surface area contributed by atoms with Crippen LogP contribution in [0.15, 0.2) is 52.0 Å². The molecule has 1 saturated heterocycles. The van der Waals surface area contributed by atoms with E-state index < -0.39 is 10.0 Å². The summed E-state index contributed by atoms with van der Waals surface area (Å²) < 4.78 is 32.5. The van der Waals surface area contributed by atoms with E-state index >= 15 is 0 Å². The molecule has 3 rings (SSSR count). The predicted molar refractivity (Wildman–Crippen MR) is 116 cm³/mol. The van der Waals surface area contributed by atoms with Crippen LogP contribution in [-0.2, 0) is 21.2 Å². The Labute approximate surface area is 179 Å². The number of rotatable bonds is 9. The lowest BCUT2D eigenvalue weighted by molar-refractivity contribution is -0.121. The van der Waals surface area contributed by atoms with Gasteiger partial charge in [-0.3, -0.25) is 9.69 Å². The van der Waals surface area contributed by atoms with Crippen LogP contribution in [0.3, 0.4) is 0 Å². The third-order valence-electron chi connectivity index (χ3n) is 5.50. The van der Waals surface area contributed by atoms with Gasteiger partial charge in [-0.2, -0.15) is 4.31 Å². The van der Waals surface area contributed by atoms with E-state index in [-0.39, 0.29) is 11.9 Å². The second-order valence-electron chi connectivity index (χ2n) is 7.91. The SMILES string of the molecule is CN(C)C(CNC(=O)CCc1ccc(S(=O)(=O)N2CCCCC2)cc1)c1ccco1. The third-order valence-corrected chi connectivity index (χ3v) is 7.42. The summed E-state index contributed by atoms with van der Waals surface area (Å²) in [6.45, 7) is 1.65. The van der Waals surface area contributed by atoms with Crippen LogP contribution in [0.1, 0.15) is 43.0 Å². The maximum absolute atomic E-state index is 12.7. The summed E-state index contributed by atoms with van der Waals surface area (Å²) in [7, 11) is 0.469. The average molecular weight is 434 g/mol. The van der Waals surface area contributed by atoms with Crippen molar-refractivity contribution in [1.82, 2.24) is 14.5 Å². The summed E-state index contributed by atoms with van der Waals surface area (Å²) in [6.07, 6.45) is 5.45. The van der Waals surface area contributed by atoms with Crippen LogP contribution in [0.2, 0.25) is 0 Å². The van der Waals surface area contributed by atoms with Crippen molar-refractivity contribution in [2.75, 3.05) is 33.7 Å². The summed E-state index contributed by atoms with van der Waals surface area (Å²) in [4.78, 5) is 14.6. The van der Waals surface area contributed by atoms with Crippen molar-refractivity contribution in [2.45, 2.75) is 43.0 Å². The number of furan rings is 1. The summed E-state index contributed by atoms with van der Waals surface area (Å²) in [5.74, 6) is 0.768. The van der Waals surface area contributed by atoms with E-state index in [2.05, 4.69) is 5.32 Å². The normalized spacial score (nSPS) is 16.5. The number of benzene rings is 1. The second-order valence-corrected chi connectivity index (χ2v) is 9.85. The summed E-state index contributed by atoms with van der Waals surface area (Å²) >= 11 is 0. The van der Waals surface area contributed by atoms with Crippen molar-refractivity contribution in [1.29, 1.82) is 0 Å². The van der Waals surface area contributed by atoms with Gasteiger partial charge in [-0.25, -0.2) is 8.42 Å². The first-order valence-electron chi connectivity index (χ1n) is 10.4. The van der Waals surface area contributed by atoms with Crippen LogP contribution < -0.4 is 5.32 Å². The molecule has 1 aromatic carbocycles. The highest BCUT2D eigenvalue weighted by molar-refractivity contribution is 7.89. The van der Waals surface area contributed by atoms with Crippen molar-refractivity contribution in [3.8, 4) is 0 Å². The Morgan fingerprint density at radius 1 is 1.13 bits per heavy atom. The first-order chi connectivity index (χ1) is 14.4. The summed E-state index contributed by atoms with van der Waals surface area (Å²) in [5, 5.41) is 2.96. The zero-order valence-corrected chi connectivity index (χ0v) is 18.5. The number of nitrogens with zero attached hydrogens (tertiary/aromatic N) is 2. The van der Waals surface area contributed by atoms with E-state index in [1.54, 1.807) is 34.8 Å². The van der Waals surface area contributed by atoms with E-state index in [9.17, 15) is 13.2 Å². The van der Waals surface area contributed by atoms with E-state index in [4.69, 9.17) is 4.42 Å². The molecule has 1 aromatic heterocycles. The van der Waals surface area contributed by atoms with Gasteiger partial charge in [0, 0.05) is 26.1 Å². The van der Waals surface area contributed by atoms with Crippen molar-refractivity contribution in [2.24, 2.45) is 0 Å². The highest BCUT2D eigenvalue weighted by Gasteiger charge is 2.25. The van der Waals surface area contributed by atoms with Gasteiger partial charge in [-0.15, -0.1) is 0 Å². The lowest BCUT2D eigenvalue weighted by Gasteiger charge is -2.25. The number of carbonyl (C=O) groups is 1. The van der Waals surface area contributed by atoms with Gasteiger partial charge in [0.05, 0.1) is 17.2 Å². The van der Waals surface area contributed by atoms with E-state index in [1.807, 2.05) is 31.1 Å². The molecular weight excluding hydrogens is 402 g/mol. The number of amides is 1. The molecular formula is C22H31N3O4S. The van der Waals surface area contributed by atoms with Crippen LogP contribution in [0, 0.1) is 0 Å². The zero-order chi connectivity index (χ0) is 21.6. The lowest BCUT2D eigenvalue weighted by Crippen LogP contribution is -2.35. The van der Waals surface area contributed by atoms with Crippen LogP contribution >= 0.6 is 0 Å². The van der Waals surface area contributed by atoms with Crippen LogP contribution in [0.5, 0.6) is 0 Å². The molecule has 1 fully saturated rings. The van der Waals surface area contributed by atoms with Gasteiger partial charge >= 0.3 is 0 Å². The number of hydrogen-bond acceptors (Lipinski definition) is 5. The Balaban J connectivity index is 1.50. The summed E-state index contributed by atoms with van der Waals surface area (Å²) in [6, 6.07) is 10.6. The molecule has 0 radical (unpaired) electrons. The van der Waals surface area contributed by atoms with Gasteiger partial charge in [-0.05, 0) is 63.2 Å². The van der Waals surface area contributed by atoms with Gasteiger partial charge in [0.1, 0.15) is 5.76 Å². The number of likely N-dealkylation sites (N-methyl/N-ethyl adjacent to an activating group) is 1. The molecule has 0 saturated carbocycles. The van der Waals surface area contributed by atoms with E-state index in [1.165, 1.54) is 0 Å². The topological polar surface area (TPSA) is 82.9 Å². The molecule has 1 unspecified atom stereocenters. The number of sulfonamides is 1. The molecule has 0 aliphatic carbocycles. The van der Waals surface area contributed by atoms with Crippen molar-refractivity contribution in [3.63, 3.8) is 0 Å². The quantitative estimate of drug-likeness (QED) is 0.658. The number of nitrogens with one attached hydrogen (secondary N) is 1. The number of piperidine rings is 1. The Morgan fingerprint density at radius 2 is 1.83 bits per heavy atom. The maximum Gasteiger partial charge on any atom is 0.243 e. The van der Waals surface area contributed by atoms with Gasteiger partial charge in [0.25, 0.3) is 0 Å². The van der Waals surface area contributed by atoms with Crippen molar-refractivity contribution >= 4 is 15.9 Å². The minimum absolute atomic E-state index is 0.0248. The fourth-order valence-corrected chi connectivity index (χ4v) is 5.17. The average Bonchev–Trinajstić information content (AvgIpc) is 3.27. The molecule has 0 bridgehead atoms. The Bertz CT molecular complexity index is 902.